The van der Waals surface area contributed by atoms with Crippen molar-refractivity contribution in [2.75, 3.05) is 39.8 Å². The number of nitrogens with zero attached hydrogens (tertiary/aromatic N) is 3. The zero-order valence-corrected chi connectivity index (χ0v) is 17.9. The summed E-state index contributed by atoms with van der Waals surface area (Å²) in [6, 6.07) is 19.2. The molecule has 1 aliphatic rings. The molecule has 0 unspecified atom stereocenters. The first kappa shape index (κ1) is 21.5. The molecule has 3 rings (SSSR count). The third kappa shape index (κ3) is 5.65. The second-order valence-electron chi connectivity index (χ2n) is 7.51. The predicted octanol–water partition coefficient (Wildman–Crippen LogP) is 2.35. The van der Waals surface area contributed by atoms with Crippen molar-refractivity contribution in [3.63, 3.8) is 0 Å². The van der Waals surface area contributed by atoms with Gasteiger partial charge in [-0.25, -0.2) is 8.42 Å². The zero-order valence-electron chi connectivity index (χ0n) is 17.1. The smallest absolute Gasteiger partial charge is 0.236 e. The highest BCUT2D eigenvalue weighted by atomic mass is 32.2. The van der Waals surface area contributed by atoms with Gasteiger partial charge < -0.3 is 4.90 Å². The first-order valence-corrected chi connectivity index (χ1v) is 11.5. The van der Waals surface area contributed by atoms with Gasteiger partial charge in [0, 0.05) is 33.2 Å². The minimum atomic E-state index is -3.34. The van der Waals surface area contributed by atoms with Crippen LogP contribution in [-0.2, 0) is 20.6 Å². The monoisotopic (exact) mass is 415 g/mol. The van der Waals surface area contributed by atoms with Crippen molar-refractivity contribution in [1.29, 1.82) is 0 Å². The number of carbonyl (C=O) groups is 1. The Labute approximate surface area is 173 Å². The zero-order chi connectivity index (χ0) is 20.9. The van der Waals surface area contributed by atoms with Gasteiger partial charge in [0.1, 0.15) is 0 Å². The fraction of sp³-hybridized carbons (Fsp3) is 0.409. The van der Waals surface area contributed by atoms with Gasteiger partial charge in [-0.15, -0.1) is 0 Å². The lowest BCUT2D eigenvalue weighted by Gasteiger charge is -2.35. The first-order valence-electron chi connectivity index (χ1n) is 9.91. The van der Waals surface area contributed by atoms with Crippen molar-refractivity contribution in [3.05, 3.63) is 71.8 Å². The molecule has 0 aromatic heterocycles. The van der Waals surface area contributed by atoms with Gasteiger partial charge in [-0.1, -0.05) is 60.7 Å². The fourth-order valence-corrected chi connectivity index (χ4v) is 5.03. The molecule has 7 heteroatoms. The molecule has 0 bridgehead atoms. The van der Waals surface area contributed by atoms with Crippen LogP contribution in [0.4, 0.5) is 0 Å². The highest BCUT2D eigenvalue weighted by molar-refractivity contribution is 7.88. The van der Waals surface area contributed by atoms with Gasteiger partial charge in [-0.3, -0.25) is 9.69 Å². The Morgan fingerprint density at radius 3 is 2.10 bits per heavy atom. The van der Waals surface area contributed by atoms with E-state index < -0.39 is 10.0 Å². The number of likely N-dealkylation sites (N-methyl/N-ethyl adjacent to an activating group) is 1. The van der Waals surface area contributed by atoms with Crippen molar-refractivity contribution in [1.82, 2.24) is 14.1 Å². The number of rotatable bonds is 7. The Balaban J connectivity index is 1.51. The molecule has 0 spiro atoms. The molecule has 6 nitrogen and oxygen atoms in total. The second-order valence-corrected chi connectivity index (χ2v) is 9.48. The fourth-order valence-electron chi connectivity index (χ4n) is 3.52. The van der Waals surface area contributed by atoms with E-state index >= 15 is 0 Å². The summed E-state index contributed by atoms with van der Waals surface area (Å²) < 4.78 is 26.9. The minimum Gasteiger partial charge on any atom is -0.338 e. The number of benzene rings is 2. The van der Waals surface area contributed by atoms with E-state index in [1.165, 1.54) is 4.31 Å². The Bertz CT molecular complexity index is 895. The quantitative estimate of drug-likeness (QED) is 0.697. The Morgan fingerprint density at radius 1 is 0.966 bits per heavy atom. The number of amides is 1. The van der Waals surface area contributed by atoms with Crippen molar-refractivity contribution < 1.29 is 13.2 Å². The molecule has 0 N–H and O–H groups in total. The topological polar surface area (TPSA) is 60.9 Å². The van der Waals surface area contributed by atoms with Gasteiger partial charge in [0.2, 0.25) is 15.9 Å². The highest BCUT2D eigenvalue weighted by Gasteiger charge is 2.28. The molecular weight excluding hydrogens is 386 g/mol. The summed E-state index contributed by atoms with van der Waals surface area (Å²) in [5, 5.41) is 0. The highest BCUT2D eigenvalue weighted by Crippen LogP contribution is 2.19. The van der Waals surface area contributed by atoms with Gasteiger partial charge in [-0.05, 0) is 18.1 Å². The molecule has 1 heterocycles. The van der Waals surface area contributed by atoms with E-state index in [-0.39, 0.29) is 17.7 Å². The average molecular weight is 416 g/mol. The number of sulfonamides is 1. The summed E-state index contributed by atoms with van der Waals surface area (Å²) in [6.45, 7) is 4.28. The third-order valence-corrected chi connectivity index (χ3v) is 7.38. The molecule has 0 saturated carbocycles. The summed E-state index contributed by atoms with van der Waals surface area (Å²) in [5.41, 5.74) is 1.89. The van der Waals surface area contributed by atoms with Crippen LogP contribution in [0.25, 0.3) is 0 Å². The largest absolute Gasteiger partial charge is 0.338 e. The lowest BCUT2D eigenvalue weighted by Crippen LogP contribution is -2.51. The summed E-state index contributed by atoms with van der Waals surface area (Å²) in [7, 11) is -1.52. The third-order valence-electron chi connectivity index (χ3n) is 5.53. The molecule has 1 saturated heterocycles. The normalized spacial score (nSPS) is 17.0. The van der Waals surface area contributed by atoms with Gasteiger partial charge >= 0.3 is 0 Å². The van der Waals surface area contributed by atoms with E-state index in [2.05, 4.69) is 0 Å². The van der Waals surface area contributed by atoms with E-state index in [0.717, 1.165) is 11.1 Å². The SMILES string of the molecule is C[C@@H](c1ccccc1)N(C)C(=O)CN1CCN(S(=O)(=O)Cc2ccccc2)CC1. The van der Waals surface area contributed by atoms with Crippen LogP contribution < -0.4 is 0 Å². The van der Waals surface area contributed by atoms with Crippen LogP contribution in [-0.4, -0.2) is 68.2 Å². The van der Waals surface area contributed by atoms with E-state index in [4.69, 9.17) is 0 Å². The van der Waals surface area contributed by atoms with Crippen molar-refractivity contribution in [2.45, 2.75) is 18.7 Å². The minimum absolute atomic E-state index is 0.00348. The van der Waals surface area contributed by atoms with Crippen LogP contribution in [0, 0.1) is 0 Å². The molecule has 1 atom stereocenters. The molecule has 1 aliphatic heterocycles. The molecule has 2 aromatic carbocycles. The average Bonchev–Trinajstić information content (AvgIpc) is 2.74. The van der Waals surface area contributed by atoms with Crippen molar-refractivity contribution in [2.24, 2.45) is 0 Å². The number of carbonyl (C=O) groups excluding carboxylic acids is 1. The van der Waals surface area contributed by atoms with Crippen LogP contribution in [0.3, 0.4) is 0 Å². The maximum absolute atomic E-state index is 12.7. The first-order chi connectivity index (χ1) is 13.9. The van der Waals surface area contributed by atoms with E-state index in [9.17, 15) is 13.2 Å². The molecular formula is C22H29N3O3S. The predicted molar refractivity (Wildman–Crippen MR) is 115 cm³/mol. The summed E-state index contributed by atoms with van der Waals surface area (Å²) in [4.78, 5) is 16.5. The second kappa shape index (κ2) is 9.52. The lowest BCUT2D eigenvalue weighted by atomic mass is 10.1. The molecule has 0 aliphatic carbocycles. The number of hydrogen-bond acceptors (Lipinski definition) is 4. The van der Waals surface area contributed by atoms with E-state index in [0.29, 0.717) is 32.7 Å². The summed E-state index contributed by atoms with van der Waals surface area (Å²) in [5.74, 6) is 0.0614. The van der Waals surface area contributed by atoms with Gasteiger partial charge in [0.25, 0.3) is 0 Å². The van der Waals surface area contributed by atoms with Crippen molar-refractivity contribution in [3.8, 4) is 0 Å². The molecule has 1 fully saturated rings. The van der Waals surface area contributed by atoms with Crippen LogP contribution in [0.5, 0.6) is 0 Å². The summed E-state index contributed by atoms with van der Waals surface area (Å²) >= 11 is 0. The number of hydrogen-bond donors (Lipinski definition) is 0. The Morgan fingerprint density at radius 2 is 1.52 bits per heavy atom. The van der Waals surface area contributed by atoms with Crippen LogP contribution in [0.1, 0.15) is 24.1 Å². The van der Waals surface area contributed by atoms with Crippen LogP contribution in [0.2, 0.25) is 0 Å². The van der Waals surface area contributed by atoms with Crippen molar-refractivity contribution >= 4 is 15.9 Å². The molecule has 29 heavy (non-hydrogen) atoms. The maximum Gasteiger partial charge on any atom is 0.236 e. The lowest BCUT2D eigenvalue weighted by molar-refractivity contribution is -0.133. The van der Waals surface area contributed by atoms with Gasteiger partial charge in [0.05, 0.1) is 18.3 Å². The number of piperazine rings is 1. The Kier molecular flexibility index (Phi) is 7.05. The van der Waals surface area contributed by atoms with Gasteiger partial charge in [-0.2, -0.15) is 4.31 Å². The Hall–Kier alpha value is -2.22. The van der Waals surface area contributed by atoms with Crippen LogP contribution in [0.15, 0.2) is 60.7 Å². The molecule has 156 valence electrons. The molecule has 2 aromatic rings. The van der Waals surface area contributed by atoms with E-state index in [1.807, 2.05) is 79.5 Å². The van der Waals surface area contributed by atoms with Gasteiger partial charge in [0.15, 0.2) is 0 Å². The van der Waals surface area contributed by atoms with Crippen LogP contribution >= 0.6 is 0 Å². The van der Waals surface area contributed by atoms with E-state index in [1.54, 1.807) is 4.90 Å². The molecule has 0 radical (unpaired) electrons. The maximum atomic E-state index is 12.7. The standard InChI is InChI=1S/C22H29N3O3S/c1-19(21-11-7-4-8-12-21)23(2)22(26)17-24-13-15-25(16-14-24)29(27,28)18-20-9-5-3-6-10-20/h3-12,19H,13-18H2,1-2H3/t19-/m0/s1. The molecule has 1 amide bonds. The summed E-state index contributed by atoms with van der Waals surface area (Å²) in [6.07, 6.45) is 0.